The number of hydrogen-bond donors (Lipinski definition) is 0. The predicted octanol–water partition coefficient (Wildman–Crippen LogP) is 2.56. The normalized spacial score (nSPS) is 28.6. The number of sulfone groups is 1. The van der Waals surface area contributed by atoms with Crippen LogP contribution in [-0.2, 0) is 9.84 Å². The van der Waals surface area contributed by atoms with E-state index in [4.69, 9.17) is 0 Å². The lowest BCUT2D eigenvalue weighted by Crippen LogP contribution is -2.17. The van der Waals surface area contributed by atoms with Gasteiger partial charge in [-0.3, -0.25) is 0 Å². The van der Waals surface area contributed by atoms with Gasteiger partial charge in [0, 0.05) is 12.3 Å². The van der Waals surface area contributed by atoms with Gasteiger partial charge < -0.3 is 0 Å². The van der Waals surface area contributed by atoms with Crippen LogP contribution >= 0.6 is 0 Å². The van der Waals surface area contributed by atoms with Gasteiger partial charge in [-0.25, -0.2) is 26.9 Å². The van der Waals surface area contributed by atoms with E-state index in [0.717, 1.165) is 12.0 Å². The maximum atomic E-state index is 13.2. The Bertz CT molecular complexity index is 864. The fourth-order valence-corrected chi connectivity index (χ4v) is 4.72. The summed E-state index contributed by atoms with van der Waals surface area (Å²) in [6, 6.07) is 9.47. The van der Waals surface area contributed by atoms with Crippen LogP contribution in [0, 0.1) is 0 Å². The van der Waals surface area contributed by atoms with Gasteiger partial charge in [0.25, 0.3) is 11.1 Å². The Morgan fingerprint density at radius 1 is 1.26 bits per heavy atom. The van der Waals surface area contributed by atoms with Crippen molar-refractivity contribution in [1.82, 2.24) is 14.8 Å². The number of aromatic nitrogens is 3. The van der Waals surface area contributed by atoms with Crippen molar-refractivity contribution in [3.05, 3.63) is 41.7 Å². The topological polar surface area (TPSA) is 64.8 Å². The second kappa shape index (κ2) is 4.59. The fraction of sp³-hybridized carbons (Fsp3) is 0.467. The molecule has 3 atom stereocenters. The Labute approximate surface area is 132 Å². The highest BCUT2D eigenvalue weighted by Crippen LogP contribution is 2.49. The van der Waals surface area contributed by atoms with Crippen molar-refractivity contribution in [2.24, 2.45) is 0 Å². The maximum Gasteiger partial charge on any atom is 0.267 e. The van der Waals surface area contributed by atoms with Crippen LogP contribution in [0.5, 0.6) is 0 Å². The largest absolute Gasteiger partial charge is 0.267 e. The Balaban J connectivity index is 1.74. The van der Waals surface area contributed by atoms with Gasteiger partial charge in [0.2, 0.25) is 9.84 Å². The fourth-order valence-electron chi connectivity index (χ4n) is 3.15. The van der Waals surface area contributed by atoms with Gasteiger partial charge in [0.15, 0.2) is 0 Å². The molecule has 1 aromatic heterocycles. The average molecular weight is 339 g/mol. The van der Waals surface area contributed by atoms with Crippen molar-refractivity contribution in [2.75, 3.05) is 0 Å². The van der Waals surface area contributed by atoms with Crippen LogP contribution < -0.4 is 0 Å². The van der Waals surface area contributed by atoms with Crippen LogP contribution in [0.25, 0.3) is 0 Å². The first-order chi connectivity index (χ1) is 10.8. The second-order valence-electron chi connectivity index (χ2n) is 6.26. The Morgan fingerprint density at radius 2 is 1.91 bits per heavy atom. The van der Waals surface area contributed by atoms with E-state index in [9.17, 15) is 17.2 Å². The summed E-state index contributed by atoms with van der Waals surface area (Å²) >= 11 is 0. The zero-order valence-corrected chi connectivity index (χ0v) is 13.2. The monoisotopic (exact) mass is 339 g/mol. The summed E-state index contributed by atoms with van der Waals surface area (Å²) in [5.74, 6) is -2.59. The van der Waals surface area contributed by atoms with Crippen molar-refractivity contribution in [3.63, 3.8) is 0 Å². The molecule has 0 amide bonds. The van der Waals surface area contributed by atoms with Crippen molar-refractivity contribution in [3.8, 4) is 0 Å². The van der Waals surface area contributed by atoms with Gasteiger partial charge in [-0.15, -0.1) is 5.10 Å². The van der Waals surface area contributed by atoms with Crippen molar-refractivity contribution in [1.29, 1.82) is 0 Å². The van der Waals surface area contributed by atoms with Gasteiger partial charge in [-0.05, 0) is 12.0 Å². The first-order valence-electron chi connectivity index (χ1n) is 7.44. The highest BCUT2D eigenvalue weighted by Gasteiger charge is 2.65. The molecule has 4 rings (SSSR count). The molecule has 1 fully saturated rings. The summed E-state index contributed by atoms with van der Waals surface area (Å²) in [6.45, 7) is 1.94. The van der Waals surface area contributed by atoms with Crippen LogP contribution in [0.15, 0.2) is 35.5 Å². The lowest BCUT2D eigenvalue weighted by molar-refractivity contribution is 0.121. The Kier molecular flexibility index (Phi) is 2.94. The van der Waals surface area contributed by atoms with E-state index < -0.39 is 32.6 Å². The molecule has 0 saturated heterocycles. The minimum absolute atomic E-state index is 0.0244. The van der Waals surface area contributed by atoms with Crippen molar-refractivity contribution >= 4 is 9.84 Å². The minimum Gasteiger partial charge on any atom is -0.241 e. The Hall–Kier alpha value is -1.83. The number of hydrogen-bond acceptors (Lipinski definition) is 4. The van der Waals surface area contributed by atoms with Crippen molar-refractivity contribution < 1.29 is 17.2 Å². The third-order valence-corrected chi connectivity index (χ3v) is 6.48. The van der Waals surface area contributed by atoms with E-state index in [1.165, 1.54) is 0 Å². The van der Waals surface area contributed by atoms with E-state index in [-0.39, 0.29) is 12.0 Å². The number of nitrogens with zero attached hydrogens (tertiary/aromatic N) is 3. The van der Waals surface area contributed by atoms with Crippen LogP contribution in [0.2, 0.25) is 0 Å². The quantitative estimate of drug-likeness (QED) is 0.862. The van der Waals surface area contributed by atoms with Gasteiger partial charge in [-0.2, -0.15) is 0 Å². The van der Waals surface area contributed by atoms with E-state index in [2.05, 4.69) is 10.1 Å². The summed E-state index contributed by atoms with van der Waals surface area (Å²) in [5.41, 5.74) is 1.00. The number of alkyl halides is 2. The molecule has 2 aliphatic rings. The number of benzene rings is 1. The lowest BCUT2D eigenvalue weighted by atomic mass is 10.0. The molecular weight excluding hydrogens is 324 g/mol. The molecule has 0 unspecified atom stereocenters. The summed E-state index contributed by atoms with van der Waals surface area (Å²) in [6.07, 6.45) is 0.121. The van der Waals surface area contributed by atoms with Gasteiger partial charge in [-0.1, -0.05) is 37.3 Å². The van der Waals surface area contributed by atoms with Crippen LogP contribution in [0.4, 0.5) is 8.78 Å². The van der Waals surface area contributed by atoms with Crippen LogP contribution in [0.3, 0.4) is 0 Å². The summed E-state index contributed by atoms with van der Waals surface area (Å²) in [7, 11) is -4.17. The molecule has 2 heterocycles. The predicted molar refractivity (Wildman–Crippen MR) is 78.2 cm³/mol. The van der Waals surface area contributed by atoms with E-state index in [1.54, 1.807) is 4.68 Å². The van der Waals surface area contributed by atoms with Crippen LogP contribution in [-0.4, -0.2) is 34.4 Å². The molecule has 0 radical (unpaired) electrons. The zero-order valence-electron chi connectivity index (χ0n) is 12.4. The average Bonchev–Trinajstić information content (AvgIpc) is 2.87. The molecule has 5 nitrogen and oxygen atoms in total. The summed E-state index contributed by atoms with van der Waals surface area (Å²) in [4.78, 5) is 4.08. The lowest BCUT2D eigenvalue weighted by Gasteiger charge is -2.11. The van der Waals surface area contributed by atoms with Crippen LogP contribution in [0.1, 0.15) is 43.1 Å². The molecular formula is C15H15F2N3O2S. The molecule has 8 heteroatoms. The van der Waals surface area contributed by atoms with E-state index >= 15 is 0 Å². The molecule has 0 N–H and O–H groups in total. The maximum absolute atomic E-state index is 13.2. The van der Waals surface area contributed by atoms with Gasteiger partial charge >= 0.3 is 0 Å². The third-order valence-electron chi connectivity index (χ3n) is 4.53. The SMILES string of the molecule is C[C@H]1C[C@@H](c2ccccc2)n2nc(S(=O)(=O)[C@H]3CC3(F)F)nc21. The molecule has 1 saturated carbocycles. The molecule has 1 aromatic carbocycles. The zero-order chi connectivity index (χ0) is 16.4. The highest BCUT2D eigenvalue weighted by atomic mass is 32.2. The standard InChI is InChI=1S/C15H15F2N3O2S/c1-9-7-11(10-5-3-2-4-6-10)20-13(9)18-14(19-20)23(21,22)12-8-15(12,16)17/h2-6,9,11-12H,7-8H2,1H3/t9-,11-,12-/m0/s1. The smallest absolute Gasteiger partial charge is 0.241 e. The summed E-state index contributed by atoms with van der Waals surface area (Å²) in [5, 5.41) is 1.93. The molecule has 122 valence electrons. The molecule has 0 spiro atoms. The number of halogens is 2. The summed E-state index contributed by atoms with van der Waals surface area (Å²) < 4.78 is 52.4. The van der Waals surface area contributed by atoms with E-state index in [0.29, 0.717) is 5.82 Å². The molecule has 23 heavy (non-hydrogen) atoms. The van der Waals surface area contributed by atoms with Gasteiger partial charge in [0.1, 0.15) is 11.1 Å². The van der Waals surface area contributed by atoms with Crippen molar-refractivity contribution in [2.45, 2.75) is 48.1 Å². The highest BCUT2D eigenvalue weighted by molar-refractivity contribution is 7.92. The third kappa shape index (κ3) is 2.19. The first kappa shape index (κ1) is 14.7. The molecule has 1 aliphatic heterocycles. The van der Waals surface area contributed by atoms with E-state index in [1.807, 2.05) is 37.3 Å². The minimum atomic E-state index is -4.17. The molecule has 0 bridgehead atoms. The second-order valence-corrected chi connectivity index (χ2v) is 8.28. The molecule has 2 aromatic rings. The number of rotatable bonds is 3. The van der Waals surface area contributed by atoms with Gasteiger partial charge in [0.05, 0.1) is 6.04 Å². The number of fused-ring (bicyclic) bond motifs is 1. The Morgan fingerprint density at radius 3 is 2.52 bits per heavy atom. The molecule has 1 aliphatic carbocycles. The first-order valence-corrected chi connectivity index (χ1v) is 8.98.